The van der Waals surface area contributed by atoms with Crippen LogP contribution in [0.5, 0.6) is 6.01 Å². The number of ether oxygens (including phenoxy) is 1. The second-order valence-electron chi connectivity index (χ2n) is 3.67. The van der Waals surface area contributed by atoms with E-state index in [2.05, 4.69) is 26.3 Å². The molecule has 1 heterocycles. The Hall–Kier alpha value is -2.88. The van der Waals surface area contributed by atoms with Gasteiger partial charge in [-0.2, -0.15) is 20.2 Å². The Balaban J connectivity index is 2.10. The van der Waals surface area contributed by atoms with Gasteiger partial charge >= 0.3 is 6.01 Å². The van der Waals surface area contributed by atoms with E-state index in [1.807, 2.05) is 12.1 Å². The van der Waals surface area contributed by atoms with Crippen LogP contribution in [0.3, 0.4) is 0 Å². The molecule has 7 nitrogen and oxygen atoms in total. The predicted octanol–water partition coefficient (Wildman–Crippen LogP) is 0.946. The van der Waals surface area contributed by atoms with E-state index < -0.39 is 0 Å². The highest BCUT2D eigenvalue weighted by atomic mass is 16.5. The normalized spacial score (nSPS) is 9.68. The lowest BCUT2D eigenvalue weighted by atomic mass is 10.1. The lowest BCUT2D eigenvalue weighted by Crippen LogP contribution is -2.08. The number of methoxy groups -OCH3 is 1. The van der Waals surface area contributed by atoms with Crippen LogP contribution in [0.1, 0.15) is 11.1 Å². The summed E-state index contributed by atoms with van der Waals surface area (Å²) in [5.74, 6) is 0.409. The highest BCUT2D eigenvalue weighted by molar-refractivity contribution is 5.37. The molecule has 0 unspecified atom stereocenters. The van der Waals surface area contributed by atoms with Crippen LogP contribution < -0.4 is 15.8 Å². The minimum atomic E-state index is 0.0834. The third-order valence-electron chi connectivity index (χ3n) is 2.32. The lowest BCUT2D eigenvalue weighted by molar-refractivity contribution is 0.379. The van der Waals surface area contributed by atoms with Crippen LogP contribution in [-0.2, 0) is 6.54 Å². The van der Waals surface area contributed by atoms with Crippen molar-refractivity contribution in [2.24, 2.45) is 0 Å². The quantitative estimate of drug-likeness (QED) is 0.837. The van der Waals surface area contributed by atoms with Crippen molar-refractivity contribution in [1.29, 1.82) is 5.26 Å². The first-order valence-corrected chi connectivity index (χ1v) is 5.49. The molecule has 0 saturated carbocycles. The number of anilines is 2. The average molecular weight is 256 g/mol. The molecule has 0 fully saturated rings. The van der Waals surface area contributed by atoms with Crippen LogP contribution in [0.15, 0.2) is 24.3 Å². The van der Waals surface area contributed by atoms with E-state index >= 15 is 0 Å². The summed E-state index contributed by atoms with van der Waals surface area (Å²) in [6.07, 6.45) is 0. The highest BCUT2D eigenvalue weighted by Gasteiger charge is 2.04. The number of hydrogen-bond donors (Lipinski definition) is 2. The van der Waals surface area contributed by atoms with Crippen molar-refractivity contribution in [3.63, 3.8) is 0 Å². The smallest absolute Gasteiger partial charge is 0.322 e. The number of nitrogen functional groups attached to an aromatic ring is 1. The molecule has 2 aromatic rings. The van der Waals surface area contributed by atoms with Gasteiger partial charge in [-0.15, -0.1) is 0 Å². The summed E-state index contributed by atoms with van der Waals surface area (Å²) in [6, 6.07) is 9.48. The fraction of sp³-hybridized carbons (Fsp3) is 0.167. The Labute approximate surface area is 110 Å². The van der Waals surface area contributed by atoms with E-state index in [1.165, 1.54) is 7.11 Å². The van der Waals surface area contributed by atoms with Crippen molar-refractivity contribution >= 4 is 11.9 Å². The van der Waals surface area contributed by atoms with Gasteiger partial charge in [0.15, 0.2) is 0 Å². The zero-order chi connectivity index (χ0) is 13.7. The first-order valence-electron chi connectivity index (χ1n) is 5.49. The molecule has 0 amide bonds. The fourth-order valence-corrected chi connectivity index (χ4v) is 1.47. The number of nitrogens with zero attached hydrogens (tertiary/aromatic N) is 4. The van der Waals surface area contributed by atoms with Crippen molar-refractivity contribution < 1.29 is 4.74 Å². The number of nitrogens with one attached hydrogen (secondary N) is 1. The van der Waals surface area contributed by atoms with Gasteiger partial charge in [-0.1, -0.05) is 12.1 Å². The molecule has 7 heteroatoms. The molecular weight excluding hydrogens is 244 g/mol. The van der Waals surface area contributed by atoms with Crippen molar-refractivity contribution in [2.45, 2.75) is 6.54 Å². The van der Waals surface area contributed by atoms with Crippen LogP contribution >= 0.6 is 0 Å². The molecule has 0 aliphatic carbocycles. The molecule has 1 aromatic carbocycles. The summed E-state index contributed by atoms with van der Waals surface area (Å²) >= 11 is 0. The third kappa shape index (κ3) is 3.29. The Morgan fingerprint density at radius 1 is 1.37 bits per heavy atom. The fourth-order valence-electron chi connectivity index (χ4n) is 1.47. The number of nitriles is 1. The highest BCUT2D eigenvalue weighted by Crippen LogP contribution is 2.10. The molecule has 0 saturated heterocycles. The number of aromatic nitrogens is 3. The predicted molar refractivity (Wildman–Crippen MR) is 69.3 cm³/mol. The molecule has 2 rings (SSSR count). The van der Waals surface area contributed by atoms with E-state index in [4.69, 9.17) is 15.7 Å². The molecule has 0 spiro atoms. The summed E-state index contributed by atoms with van der Waals surface area (Å²) in [7, 11) is 1.45. The van der Waals surface area contributed by atoms with Crippen LogP contribution in [0.25, 0.3) is 0 Å². The Kier molecular flexibility index (Phi) is 3.73. The lowest BCUT2D eigenvalue weighted by Gasteiger charge is -2.06. The van der Waals surface area contributed by atoms with Gasteiger partial charge in [-0.05, 0) is 17.7 Å². The number of nitrogens with two attached hydrogens (primary N) is 1. The molecule has 19 heavy (non-hydrogen) atoms. The Morgan fingerprint density at radius 3 is 2.95 bits per heavy atom. The zero-order valence-electron chi connectivity index (χ0n) is 10.3. The van der Waals surface area contributed by atoms with Crippen molar-refractivity contribution in [2.75, 3.05) is 18.2 Å². The van der Waals surface area contributed by atoms with E-state index in [0.717, 1.165) is 5.56 Å². The van der Waals surface area contributed by atoms with Gasteiger partial charge in [-0.25, -0.2) is 0 Å². The maximum Gasteiger partial charge on any atom is 0.322 e. The molecular formula is C12H12N6O. The van der Waals surface area contributed by atoms with Gasteiger partial charge in [0.1, 0.15) is 0 Å². The van der Waals surface area contributed by atoms with Crippen molar-refractivity contribution in [3.05, 3.63) is 35.4 Å². The summed E-state index contributed by atoms with van der Waals surface area (Å²) in [4.78, 5) is 11.7. The average Bonchev–Trinajstić information content (AvgIpc) is 2.44. The van der Waals surface area contributed by atoms with Crippen LogP contribution in [-0.4, -0.2) is 22.1 Å². The molecule has 3 N–H and O–H groups in total. The van der Waals surface area contributed by atoms with Crippen molar-refractivity contribution in [3.8, 4) is 12.1 Å². The molecule has 0 radical (unpaired) electrons. The topological polar surface area (TPSA) is 110 Å². The maximum atomic E-state index is 8.82. The summed E-state index contributed by atoms with van der Waals surface area (Å²) in [5.41, 5.74) is 7.07. The second-order valence-corrected chi connectivity index (χ2v) is 3.67. The van der Waals surface area contributed by atoms with Gasteiger partial charge < -0.3 is 15.8 Å². The molecule has 96 valence electrons. The van der Waals surface area contributed by atoms with Gasteiger partial charge in [0.2, 0.25) is 11.9 Å². The van der Waals surface area contributed by atoms with Crippen LogP contribution in [0, 0.1) is 11.3 Å². The van der Waals surface area contributed by atoms with E-state index in [0.29, 0.717) is 18.1 Å². The molecule has 0 bridgehead atoms. The molecule has 0 aliphatic heterocycles. The van der Waals surface area contributed by atoms with Gasteiger partial charge in [0.25, 0.3) is 0 Å². The Morgan fingerprint density at radius 2 is 2.21 bits per heavy atom. The molecule has 0 atom stereocenters. The van der Waals surface area contributed by atoms with Gasteiger partial charge in [-0.3, -0.25) is 0 Å². The third-order valence-corrected chi connectivity index (χ3v) is 2.32. The summed E-state index contributed by atoms with van der Waals surface area (Å²) in [6.45, 7) is 0.474. The van der Waals surface area contributed by atoms with Crippen LogP contribution in [0.2, 0.25) is 0 Å². The Bertz CT molecular complexity index is 622. The van der Waals surface area contributed by atoms with Gasteiger partial charge in [0, 0.05) is 6.54 Å². The molecule has 1 aromatic heterocycles. The van der Waals surface area contributed by atoms with E-state index in [1.54, 1.807) is 12.1 Å². The molecule has 0 aliphatic rings. The first-order chi connectivity index (χ1) is 9.21. The SMILES string of the molecule is COc1nc(N)nc(NCc2cccc(C#N)c2)n1. The standard InChI is InChI=1S/C12H12N6O/c1-19-12-17-10(14)16-11(18-12)15-7-9-4-2-3-8(5-9)6-13/h2-5H,7H2,1H3,(H3,14,15,16,17,18). The monoisotopic (exact) mass is 256 g/mol. The largest absolute Gasteiger partial charge is 0.467 e. The first kappa shape index (κ1) is 12.6. The second kappa shape index (κ2) is 5.64. The van der Waals surface area contributed by atoms with Gasteiger partial charge in [0.05, 0.1) is 18.7 Å². The van der Waals surface area contributed by atoms with Crippen LogP contribution in [0.4, 0.5) is 11.9 Å². The zero-order valence-corrected chi connectivity index (χ0v) is 10.3. The number of rotatable bonds is 4. The summed E-state index contributed by atoms with van der Waals surface area (Å²) < 4.78 is 4.90. The summed E-state index contributed by atoms with van der Waals surface area (Å²) in [5, 5.41) is 11.8. The van der Waals surface area contributed by atoms with E-state index in [-0.39, 0.29) is 12.0 Å². The number of hydrogen-bond acceptors (Lipinski definition) is 7. The van der Waals surface area contributed by atoms with Crippen molar-refractivity contribution in [1.82, 2.24) is 15.0 Å². The maximum absolute atomic E-state index is 8.82. The number of benzene rings is 1. The minimum absolute atomic E-state index is 0.0834. The minimum Gasteiger partial charge on any atom is -0.467 e. The van der Waals surface area contributed by atoms with E-state index in [9.17, 15) is 0 Å².